The number of para-hydroxylation sites is 1. The maximum Gasteiger partial charge on any atom is 0.241 e. The van der Waals surface area contributed by atoms with E-state index in [9.17, 15) is 4.79 Å². The fourth-order valence-corrected chi connectivity index (χ4v) is 2.59. The van der Waals surface area contributed by atoms with Crippen molar-refractivity contribution in [1.29, 1.82) is 0 Å². The van der Waals surface area contributed by atoms with Gasteiger partial charge in [0, 0.05) is 30.9 Å². The summed E-state index contributed by atoms with van der Waals surface area (Å²) in [6, 6.07) is 10.2. The smallest absolute Gasteiger partial charge is 0.241 e. The number of rotatable bonds is 4. The van der Waals surface area contributed by atoms with E-state index in [0.29, 0.717) is 6.54 Å². The lowest BCUT2D eigenvalue weighted by molar-refractivity contribution is -0.119. The molecule has 2 rings (SSSR count). The standard InChI is InChI=1S/C15H23N3O.ClH/c1-12(2)18(14-6-4-3-5-7-14)15(19)11-17-9-8-13(16)10-17;/h3-7,12-13H,8-11,16H2,1-2H3;1H. The first-order chi connectivity index (χ1) is 9.08. The molecule has 1 unspecified atom stereocenters. The topological polar surface area (TPSA) is 49.6 Å². The number of nitrogens with zero attached hydrogens (tertiary/aromatic N) is 2. The van der Waals surface area contributed by atoms with Crippen LogP contribution < -0.4 is 10.6 Å². The number of halogens is 1. The van der Waals surface area contributed by atoms with Gasteiger partial charge in [0.25, 0.3) is 0 Å². The van der Waals surface area contributed by atoms with Crippen molar-refractivity contribution in [3.8, 4) is 0 Å². The third-order valence-corrected chi connectivity index (χ3v) is 3.49. The molecule has 1 aromatic rings. The van der Waals surface area contributed by atoms with Crippen LogP contribution in [0.25, 0.3) is 0 Å². The molecule has 1 aliphatic rings. The Labute approximate surface area is 127 Å². The van der Waals surface area contributed by atoms with Gasteiger partial charge >= 0.3 is 0 Å². The number of carbonyl (C=O) groups excluding carboxylic acids is 1. The average Bonchev–Trinajstić information content (AvgIpc) is 2.75. The van der Waals surface area contributed by atoms with Crippen molar-refractivity contribution < 1.29 is 4.79 Å². The predicted molar refractivity (Wildman–Crippen MR) is 85.3 cm³/mol. The number of hydrogen-bond acceptors (Lipinski definition) is 3. The van der Waals surface area contributed by atoms with Crippen molar-refractivity contribution in [2.45, 2.75) is 32.4 Å². The molecule has 1 fully saturated rings. The van der Waals surface area contributed by atoms with E-state index in [4.69, 9.17) is 5.73 Å². The second-order valence-corrected chi connectivity index (χ2v) is 5.48. The highest BCUT2D eigenvalue weighted by atomic mass is 35.5. The van der Waals surface area contributed by atoms with E-state index >= 15 is 0 Å². The molecule has 0 spiro atoms. The summed E-state index contributed by atoms with van der Waals surface area (Å²) in [6.07, 6.45) is 0.986. The number of amides is 1. The Morgan fingerprint density at radius 1 is 1.40 bits per heavy atom. The van der Waals surface area contributed by atoms with E-state index in [1.807, 2.05) is 49.1 Å². The first-order valence-electron chi connectivity index (χ1n) is 6.93. The van der Waals surface area contributed by atoms with E-state index in [1.54, 1.807) is 0 Å². The lowest BCUT2D eigenvalue weighted by Gasteiger charge is -2.29. The number of likely N-dealkylation sites (tertiary alicyclic amines) is 1. The van der Waals surface area contributed by atoms with Crippen LogP contribution in [-0.2, 0) is 4.79 Å². The lowest BCUT2D eigenvalue weighted by atomic mass is 10.2. The molecule has 1 aromatic carbocycles. The first-order valence-corrected chi connectivity index (χ1v) is 6.93. The SMILES string of the molecule is CC(C)N(C(=O)CN1CCC(N)C1)c1ccccc1.Cl. The van der Waals surface area contributed by atoms with Crippen molar-refractivity contribution in [1.82, 2.24) is 4.90 Å². The van der Waals surface area contributed by atoms with Crippen molar-refractivity contribution in [3.05, 3.63) is 30.3 Å². The zero-order chi connectivity index (χ0) is 13.8. The Morgan fingerprint density at radius 2 is 2.05 bits per heavy atom. The molecule has 4 nitrogen and oxygen atoms in total. The van der Waals surface area contributed by atoms with Crippen molar-refractivity contribution in [2.24, 2.45) is 5.73 Å². The van der Waals surface area contributed by atoms with Crippen LogP contribution in [-0.4, -0.2) is 42.5 Å². The van der Waals surface area contributed by atoms with Crippen molar-refractivity contribution in [3.63, 3.8) is 0 Å². The predicted octanol–water partition coefficient (Wildman–Crippen LogP) is 1.88. The second-order valence-electron chi connectivity index (χ2n) is 5.48. The monoisotopic (exact) mass is 297 g/mol. The zero-order valence-electron chi connectivity index (χ0n) is 12.2. The molecular formula is C15H24ClN3O. The average molecular weight is 298 g/mol. The summed E-state index contributed by atoms with van der Waals surface area (Å²) in [6.45, 7) is 6.29. The molecule has 0 aromatic heterocycles. The Hall–Kier alpha value is -1.10. The van der Waals surface area contributed by atoms with Crippen LogP contribution in [0.5, 0.6) is 0 Å². The summed E-state index contributed by atoms with van der Waals surface area (Å²) in [7, 11) is 0. The molecule has 1 heterocycles. The molecule has 0 aliphatic carbocycles. The summed E-state index contributed by atoms with van der Waals surface area (Å²) in [5, 5.41) is 0. The number of anilines is 1. The van der Waals surface area contributed by atoms with Gasteiger partial charge in [0.1, 0.15) is 0 Å². The summed E-state index contributed by atoms with van der Waals surface area (Å²) >= 11 is 0. The van der Waals surface area contributed by atoms with Crippen LogP contribution in [0.2, 0.25) is 0 Å². The quantitative estimate of drug-likeness (QED) is 0.923. The Bertz CT molecular complexity index is 424. The molecule has 2 N–H and O–H groups in total. The molecule has 0 saturated carbocycles. The Balaban J connectivity index is 0.00000200. The molecule has 1 amide bonds. The van der Waals surface area contributed by atoms with Gasteiger partial charge in [0.15, 0.2) is 0 Å². The van der Waals surface area contributed by atoms with E-state index in [1.165, 1.54) is 0 Å². The van der Waals surface area contributed by atoms with Gasteiger partial charge in [0.2, 0.25) is 5.91 Å². The van der Waals surface area contributed by atoms with Gasteiger partial charge in [-0.25, -0.2) is 0 Å². The third kappa shape index (κ3) is 4.20. The minimum atomic E-state index is 0. The highest BCUT2D eigenvalue weighted by Crippen LogP contribution is 2.17. The van der Waals surface area contributed by atoms with Crippen LogP contribution in [0.3, 0.4) is 0 Å². The van der Waals surface area contributed by atoms with Crippen LogP contribution in [0, 0.1) is 0 Å². The first kappa shape index (κ1) is 17.0. The normalized spacial score (nSPS) is 18.9. The van der Waals surface area contributed by atoms with Crippen LogP contribution in [0.1, 0.15) is 20.3 Å². The van der Waals surface area contributed by atoms with Crippen molar-refractivity contribution >= 4 is 24.0 Å². The molecule has 1 saturated heterocycles. The van der Waals surface area contributed by atoms with E-state index < -0.39 is 0 Å². The molecule has 1 atom stereocenters. The van der Waals surface area contributed by atoms with Gasteiger partial charge in [-0.3, -0.25) is 9.69 Å². The van der Waals surface area contributed by atoms with Gasteiger partial charge in [0.05, 0.1) is 6.54 Å². The summed E-state index contributed by atoms with van der Waals surface area (Å²) in [4.78, 5) is 16.5. The fourth-order valence-electron chi connectivity index (χ4n) is 2.59. The Kier molecular flexibility index (Phi) is 6.46. The van der Waals surface area contributed by atoms with Gasteiger partial charge in [-0.05, 0) is 32.4 Å². The summed E-state index contributed by atoms with van der Waals surface area (Å²) in [5.74, 6) is 0.148. The maximum absolute atomic E-state index is 12.5. The number of hydrogen-bond donors (Lipinski definition) is 1. The van der Waals surface area contributed by atoms with Gasteiger partial charge in [-0.15, -0.1) is 12.4 Å². The zero-order valence-corrected chi connectivity index (χ0v) is 13.0. The highest BCUT2D eigenvalue weighted by Gasteiger charge is 2.25. The largest absolute Gasteiger partial charge is 0.326 e. The second kappa shape index (κ2) is 7.62. The molecule has 20 heavy (non-hydrogen) atoms. The minimum absolute atomic E-state index is 0. The summed E-state index contributed by atoms with van der Waals surface area (Å²) in [5.41, 5.74) is 6.85. The minimum Gasteiger partial charge on any atom is -0.326 e. The third-order valence-electron chi connectivity index (χ3n) is 3.49. The van der Waals surface area contributed by atoms with Crippen molar-refractivity contribution in [2.75, 3.05) is 24.5 Å². The summed E-state index contributed by atoms with van der Waals surface area (Å²) < 4.78 is 0. The maximum atomic E-state index is 12.5. The van der Waals surface area contributed by atoms with Gasteiger partial charge in [-0.1, -0.05) is 18.2 Å². The van der Waals surface area contributed by atoms with Crippen LogP contribution in [0.4, 0.5) is 5.69 Å². The number of benzene rings is 1. The number of carbonyl (C=O) groups is 1. The molecule has 112 valence electrons. The van der Waals surface area contributed by atoms with E-state index in [0.717, 1.165) is 25.2 Å². The molecule has 0 radical (unpaired) electrons. The molecule has 5 heteroatoms. The molecular weight excluding hydrogens is 274 g/mol. The molecule has 0 bridgehead atoms. The van der Waals surface area contributed by atoms with Crippen LogP contribution in [0.15, 0.2) is 30.3 Å². The molecule has 1 aliphatic heterocycles. The lowest BCUT2D eigenvalue weighted by Crippen LogP contribution is -2.43. The highest BCUT2D eigenvalue weighted by molar-refractivity contribution is 5.95. The Morgan fingerprint density at radius 3 is 2.55 bits per heavy atom. The fraction of sp³-hybridized carbons (Fsp3) is 0.533. The van der Waals surface area contributed by atoms with Gasteiger partial charge < -0.3 is 10.6 Å². The number of nitrogens with two attached hydrogens (primary N) is 1. The van der Waals surface area contributed by atoms with Gasteiger partial charge in [-0.2, -0.15) is 0 Å². The van der Waals surface area contributed by atoms with E-state index in [-0.39, 0.29) is 30.4 Å². The van der Waals surface area contributed by atoms with E-state index in [2.05, 4.69) is 4.90 Å². The van der Waals surface area contributed by atoms with Crippen LogP contribution >= 0.6 is 12.4 Å².